The van der Waals surface area contributed by atoms with E-state index in [9.17, 15) is 5.11 Å². The predicted octanol–water partition coefficient (Wildman–Crippen LogP) is 0.634. The molecule has 0 atom stereocenters. The zero-order valence-electron chi connectivity index (χ0n) is 9.64. The molecule has 0 bridgehead atoms. The summed E-state index contributed by atoms with van der Waals surface area (Å²) in [6.45, 7) is 1.99. The van der Waals surface area contributed by atoms with Gasteiger partial charge in [-0.1, -0.05) is 13.3 Å². The van der Waals surface area contributed by atoms with Crippen LogP contribution in [-0.4, -0.2) is 20.1 Å². The summed E-state index contributed by atoms with van der Waals surface area (Å²) in [7, 11) is 0. The van der Waals surface area contributed by atoms with Crippen molar-refractivity contribution in [3.05, 3.63) is 17.3 Å². The van der Waals surface area contributed by atoms with E-state index in [-0.39, 0.29) is 12.6 Å². The van der Waals surface area contributed by atoms with E-state index in [4.69, 9.17) is 11.5 Å². The molecule has 5 N–H and O–H groups in total. The van der Waals surface area contributed by atoms with Crippen LogP contribution in [0.3, 0.4) is 0 Å². The number of aliphatic hydroxyl groups excluding tert-OH is 1. The monoisotopic (exact) mass is 233 g/mol. The van der Waals surface area contributed by atoms with Gasteiger partial charge in [0, 0.05) is 6.20 Å². The molecule has 2 heterocycles. The molecule has 0 spiro atoms. The van der Waals surface area contributed by atoms with Crippen molar-refractivity contribution in [2.75, 3.05) is 11.5 Å². The number of hydrogen-bond donors (Lipinski definition) is 3. The third kappa shape index (κ3) is 1.99. The van der Waals surface area contributed by atoms with Crippen molar-refractivity contribution in [3.63, 3.8) is 0 Å². The number of nitrogens with two attached hydrogens (primary N) is 2. The number of rotatable bonds is 3. The van der Waals surface area contributed by atoms with Crippen LogP contribution in [0.4, 0.5) is 11.8 Å². The molecule has 0 amide bonds. The molecule has 6 heteroatoms. The van der Waals surface area contributed by atoms with Crippen LogP contribution in [0.2, 0.25) is 0 Å². The molecule has 90 valence electrons. The number of hydrogen-bond acceptors (Lipinski definition) is 6. The van der Waals surface area contributed by atoms with Crippen molar-refractivity contribution < 1.29 is 5.11 Å². The molecule has 0 fully saturated rings. The van der Waals surface area contributed by atoms with Gasteiger partial charge in [-0.2, -0.15) is 9.97 Å². The van der Waals surface area contributed by atoms with Gasteiger partial charge in [-0.25, -0.2) is 4.98 Å². The highest BCUT2D eigenvalue weighted by Crippen LogP contribution is 2.25. The summed E-state index contributed by atoms with van der Waals surface area (Å²) < 4.78 is 0. The standard InChI is InChI=1S/C11H15N5O/c1-2-3-7-6(5-17)4-14-10-8(7)9(12)15-11(13)16-10/h4,17H,2-3,5H2,1H3,(H4,12,13,14,15,16). The quantitative estimate of drug-likeness (QED) is 0.717. The molecule has 0 aromatic carbocycles. The summed E-state index contributed by atoms with van der Waals surface area (Å²) in [4.78, 5) is 12.1. The van der Waals surface area contributed by atoms with Crippen molar-refractivity contribution in [2.24, 2.45) is 0 Å². The highest BCUT2D eigenvalue weighted by molar-refractivity contribution is 5.90. The van der Waals surface area contributed by atoms with Crippen molar-refractivity contribution in [1.82, 2.24) is 15.0 Å². The molecule has 2 aromatic rings. The maximum atomic E-state index is 9.30. The number of aromatic nitrogens is 3. The molecule has 2 rings (SSSR count). The van der Waals surface area contributed by atoms with Crippen LogP contribution in [0.15, 0.2) is 6.20 Å². The minimum Gasteiger partial charge on any atom is -0.392 e. The van der Waals surface area contributed by atoms with Crippen LogP contribution >= 0.6 is 0 Å². The lowest BCUT2D eigenvalue weighted by Gasteiger charge is -2.11. The molecule has 0 aliphatic carbocycles. The minimum atomic E-state index is -0.0674. The Bertz CT molecular complexity index is 555. The Morgan fingerprint density at radius 2 is 2.06 bits per heavy atom. The SMILES string of the molecule is CCCc1c(CO)cnc2nc(N)nc(N)c12. The van der Waals surface area contributed by atoms with E-state index in [1.165, 1.54) is 0 Å². The summed E-state index contributed by atoms with van der Waals surface area (Å²) in [6, 6.07) is 0. The second kappa shape index (κ2) is 4.50. The number of anilines is 2. The van der Waals surface area contributed by atoms with Crippen LogP contribution in [0.1, 0.15) is 24.5 Å². The van der Waals surface area contributed by atoms with E-state index < -0.39 is 0 Å². The molecule has 2 aromatic heterocycles. The van der Waals surface area contributed by atoms with Gasteiger partial charge in [0.25, 0.3) is 0 Å². The number of aliphatic hydroxyl groups is 1. The fourth-order valence-electron chi connectivity index (χ4n) is 1.92. The van der Waals surface area contributed by atoms with Crippen molar-refractivity contribution in [1.29, 1.82) is 0 Å². The highest BCUT2D eigenvalue weighted by Gasteiger charge is 2.13. The zero-order chi connectivity index (χ0) is 12.4. The summed E-state index contributed by atoms with van der Waals surface area (Å²) in [5.41, 5.74) is 13.6. The Morgan fingerprint density at radius 3 is 2.71 bits per heavy atom. The molecule has 0 aliphatic rings. The predicted molar refractivity (Wildman–Crippen MR) is 66.1 cm³/mol. The first-order valence-corrected chi connectivity index (χ1v) is 5.47. The molecule has 0 saturated heterocycles. The van der Waals surface area contributed by atoms with E-state index in [2.05, 4.69) is 21.9 Å². The van der Waals surface area contributed by atoms with E-state index in [0.29, 0.717) is 16.9 Å². The smallest absolute Gasteiger partial charge is 0.224 e. The van der Waals surface area contributed by atoms with Crippen LogP contribution in [-0.2, 0) is 13.0 Å². The van der Waals surface area contributed by atoms with Gasteiger partial charge >= 0.3 is 0 Å². The average Bonchev–Trinajstić information content (AvgIpc) is 2.29. The molecule has 0 saturated carbocycles. The zero-order valence-corrected chi connectivity index (χ0v) is 9.64. The summed E-state index contributed by atoms with van der Waals surface area (Å²) in [5.74, 6) is 0.431. The van der Waals surface area contributed by atoms with Crippen LogP contribution in [0.5, 0.6) is 0 Å². The van der Waals surface area contributed by atoms with Gasteiger partial charge in [-0.05, 0) is 17.5 Å². The number of aryl methyl sites for hydroxylation is 1. The van der Waals surface area contributed by atoms with Gasteiger partial charge in [-0.3, -0.25) is 0 Å². The highest BCUT2D eigenvalue weighted by atomic mass is 16.3. The Balaban J connectivity index is 2.79. The lowest BCUT2D eigenvalue weighted by Crippen LogP contribution is -2.06. The Kier molecular flexibility index (Phi) is 3.06. The maximum absolute atomic E-state index is 9.30. The molecule has 0 aliphatic heterocycles. The van der Waals surface area contributed by atoms with Gasteiger partial charge in [0.15, 0.2) is 5.65 Å². The first-order chi connectivity index (χ1) is 8.17. The summed E-state index contributed by atoms with van der Waals surface area (Å²) >= 11 is 0. The number of fused-ring (bicyclic) bond motifs is 1. The first kappa shape index (κ1) is 11.5. The lowest BCUT2D eigenvalue weighted by atomic mass is 10.0. The fourth-order valence-corrected chi connectivity index (χ4v) is 1.92. The molecule has 0 radical (unpaired) electrons. The largest absolute Gasteiger partial charge is 0.392 e. The van der Waals surface area contributed by atoms with E-state index in [1.807, 2.05) is 0 Å². The summed E-state index contributed by atoms with van der Waals surface area (Å²) in [6.07, 6.45) is 3.35. The van der Waals surface area contributed by atoms with Crippen LogP contribution < -0.4 is 11.5 Å². The topological polar surface area (TPSA) is 111 Å². The maximum Gasteiger partial charge on any atom is 0.224 e. The molecule has 0 unspecified atom stereocenters. The Hall–Kier alpha value is -1.95. The fraction of sp³-hybridized carbons (Fsp3) is 0.364. The summed E-state index contributed by atoms with van der Waals surface area (Å²) in [5, 5.41) is 10.0. The third-order valence-electron chi connectivity index (χ3n) is 2.64. The van der Waals surface area contributed by atoms with Crippen molar-refractivity contribution in [2.45, 2.75) is 26.4 Å². The second-order valence-electron chi connectivity index (χ2n) is 3.84. The van der Waals surface area contributed by atoms with E-state index in [0.717, 1.165) is 24.0 Å². The molecule has 17 heavy (non-hydrogen) atoms. The molecular weight excluding hydrogens is 218 g/mol. The number of nitrogen functional groups attached to an aromatic ring is 2. The van der Waals surface area contributed by atoms with E-state index >= 15 is 0 Å². The molecular formula is C11H15N5O. The van der Waals surface area contributed by atoms with Crippen LogP contribution in [0.25, 0.3) is 11.0 Å². The van der Waals surface area contributed by atoms with Gasteiger partial charge in [0.2, 0.25) is 5.95 Å². The Labute approximate surface area is 98.7 Å². The lowest BCUT2D eigenvalue weighted by molar-refractivity contribution is 0.280. The Morgan fingerprint density at radius 1 is 1.29 bits per heavy atom. The average molecular weight is 233 g/mol. The van der Waals surface area contributed by atoms with Gasteiger partial charge in [0.05, 0.1) is 12.0 Å². The van der Waals surface area contributed by atoms with Crippen molar-refractivity contribution >= 4 is 22.8 Å². The molecule has 6 nitrogen and oxygen atoms in total. The second-order valence-corrected chi connectivity index (χ2v) is 3.84. The van der Waals surface area contributed by atoms with Gasteiger partial charge < -0.3 is 16.6 Å². The first-order valence-electron chi connectivity index (χ1n) is 5.47. The number of nitrogens with zero attached hydrogens (tertiary/aromatic N) is 3. The van der Waals surface area contributed by atoms with Gasteiger partial charge in [0.1, 0.15) is 5.82 Å². The third-order valence-corrected chi connectivity index (χ3v) is 2.64. The normalized spacial score (nSPS) is 10.9. The number of pyridine rings is 1. The van der Waals surface area contributed by atoms with Crippen LogP contribution in [0, 0.1) is 0 Å². The van der Waals surface area contributed by atoms with Crippen molar-refractivity contribution in [3.8, 4) is 0 Å². The van der Waals surface area contributed by atoms with E-state index in [1.54, 1.807) is 6.20 Å². The van der Waals surface area contributed by atoms with Gasteiger partial charge in [-0.15, -0.1) is 0 Å². The minimum absolute atomic E-state index is 0.0674.